The van der Waals surface area contributed by atoms with Crippen LogP contribution in [0.15, 0.2) is 12.5 Å². The Kier molecular flexibility index (Phi) is 3.00. The molecule has 0 fully saturated rings. The molecule has 2 heterocycles. The standard InChI is InChI=1S/C10H16N6/c1-7(11)3-4-12-9-8-5-15-16(2)10(8)14-6-13-9/h5-7H,3-4,11H2,1-2H3,(H,12,13,14). The van der Waals surface area contributed by atoms with Crippen molar-refractivity contribution in [1.82, 2.24) is 19.7 Å². The second-order valence-corrected chi connectivity index (χ2v) is 3.92. The summed E-state index contributed by atoms with van der Waals surface area (Å²) in [5.74, 6) is 0.818. The summed E-state index contributed by atoms with van der Waals surface area (Å²) in [6.45, 7) is 2.79. The number of nitrogens with one attached hydrogen (secondary N) is 1. The monoisotopic (exact) mass is 220 g/mol. The Morgan fingerprint density at radius 2 is 2.31 bits per heavy atom. The van der Waals surface area contributed by atoms with Crippen molar-refractivity contribution in [2.45, 2.75) is 19.4 Å². The quantitative estimate of drug-likeness (QED) is 0.784. The smallest absolute Gasteiger partial charge is 0.163 e. The average molecular weight is 220 g/mol. The number of nitrogens with zero attached hydrogens (tertiary/aromatic N) is 4. The largest absolute Gasteiger partial charge is 0.369 e. The lowest BCUT2D eigenvalue weighted by molar-refractivity contribution is 0.689. The molecule has 0 bridgehead atoms. The van der Waals surface area contributed by atoms with Gasteiger partial charge in [0.1, 0.15) is 12.1 Å². The molecule has 0 aliphatic carbocycles. The maximum Gasteiger partial charge on any atom is 0.163 e. The first-order valence-corrected chi connectivity index (χ1v) is 5.30. The Balaban J connectivity index is 2.17. The molecule has 0 aromatic carbocycles. The predicted octanol–water partition coefficient (Wildman–Crippen LogP) is 0.512. The molecule has 2 aromatic rings. The summed E-state index contributed by atoms with van der Waals surface area (Å²) < 4.78 is 1.73. The summed E-state index contributed by atoms with van der Waals surface area (Å²) in [7, 11) is 1.86. The van der Waals surface area contributed by atoms with E-state index in [0.717, 1.165) is 29.8 Å². The van der Waals surface area contributed by atoms with E-state index in [9.17, 15) is 0 Å². The molecule has 1 unspecified atom stereocenters. The zero-order valence-electron chi connectivity index (χ0n) is 9.51. The number of hydrogen-bond acceptors (Lipinski definition) is 5. The molecule has 0 amide bonds. The molecule has 0 saturated carbocycles. The second kappa shape index (κ2) is 4.44. The van der Waals surface area contributed by atoms with E-state index in [1.165, 1.54) is 6.33 Å². The molecule has 16 heavy (non-hydrogen) atoms. The van der Waals surface area contributed by atoms with Crippen LogP contribution in [0.1, 0.15) is 13.3 Å². The lowest BCUT2D eigenvalue weighted by Gasteiger charge is -2.07. The van der Waals surface area contributed by atoms with Crippen LogP contribution < -0.4 is 11.1 Å². The van der Waals surface area contributed by atoms with Crippen molar-refractivity contribution < 1.29 is 0 Å². The van der Waals surface area contributed by atoms with Crippen LogP contribution in [0.3, 0.4) is 0 Å². The minimum atomic E-state index is 0.193. The third-order valence-electron chi connectivity index (χ3n) is 2.42. The molecular formula is C10H16N6. The van der Waals surface area contributed by atoms with Crippen LogP contribution in [0.2, 0.25) is 0 Å². The van der Waals surface area contributed by atoms with Gasteiger partial charge in [-0.3, -0.25) is 4.68 Å². The van der Waals surface area contributed by atoms with Gasteiger partial charge in [-0.1, -0.05) is 0 Å². The number of fused-ring (bicyclic) bond motifs is 1. The lowest BCUT2D eigenvalue weighted by Crippen LogP contribution is -2.19. The van der Waals surface area contributed by atoms with E-state index in [-0.39, 0.29) is 6.04 Å². The first kappa shape index (κ1) is 10.8. The van der Waals surface area contributed by atoms with Crippen LogP contribution >= 0.6 is 0 Å². The normalized spacial score (nSPS) is 12.9. The molecule has 0 saturated heterocycles. The van der Waals surface area contributed by atoms with Crippen LogP contribution in [0.5, 0.6) is 0 Å². The molecule has 0 aliphatic heterocycles. The van der Waals surface area contributed by atoms with Gasteiger partial charge in [0.15, 0.2) is 5.65 Å². The fraction of sp³-hybridized carbons (Fsp3) is 0.500. The minimum Gasteiger partial charge on any atom is -0.369 e. The number of rotatable bonds is 4. The van der Waals surface area contributed by atoms with Gasteiger partial charge < -0.3 is 11.1 Å². The number of nitrogens with two attached hydrogens (primary N) is 1. The van der Waals surface area contributed by atoms with Crippen molar-refractivity contribution in [3.8, 4) is 0 Å². The van der Waals surface area contributed by atoms with E-state index in [1.54, 1.807) is 10.9 Å². The number of anilines is 1. The SMILES string of the molecule is CC(N)CCNc1ncnc2c1cnn2C. The summed E-state index contributed by atoms with van der Waals surface area (Å²) in [5.41, 5.74) is 6.52. The molecule has 0 radical (unpaired) electrons. The summed E-state index contributed by atoms with van der Waals surface area (Å²) in [6.07, 6.45) is 4.22. The van der Waals surface area contributed by atoms with Gasteiger partial charge in [0.2, 0.25) is 0 Å². The van der Waals surface area contributed by atoms with Gasteiger partial charge in [-0.15, -0.1) is 0 Å². The van der Waals surface area contributed by atoms with Crippen LogP contribution in [0, 0.1) is 0 Å². The maximum absolute atomic E-state index is 5.68. The number of hydrogen-bond donors (Lipinski definition) is 2. The Bertz CT molecular complexity index is 475. The zero-order valence-corrected chi connectivity index (χ0v) is 9.51. The fourth-order valence-corrected chi connectivity index (χ4v) is 1.52. The molecule has 0 spiro atoms. The van der Waals surface area contributed by atoms with Gasteiger partial charge in [0.25, 0.3) is 0 Å². The highest BCUT2D eigenvalue weighted by Gasteiger charge is 2.06. The molecule has 2 rings (SSSR count). The zero-order chi connectivity index (χ0) is 11.5. The Morgan fingerprint density at radius 1 is 1.50 bits per heavy atom. The molecule has 2 aromatic heterocycles. The van der Waals surface area contributed by atoms with Crippen molar-refractivity contribution in [1.29, 1.82) is 0 Å². The highest BCUT2D eigenvalue weighted by atomic mass is 15.3. The molecule has 0 aliphatic rings. The third kappa shape index (κ3) is 2.11. The van der Waals surface area contributed by atoms with Crippen molar-refractivity contribution in [2.75, 3.05) is 11.9 Å². The molecule has 1 atom stereocenters. The van der Waals surface area contributed by atoms with Crippen molar-refractivity contribution in [2.24, 2.45) is 12.8 Å². The van der Waals surface area contributed by atoms with Crippen LogP contribution in [-0.2, 0) is 7.05 Å². The minimum absolute atomic E-state index is 0.193. The summed E-state index contributed by atoms with van der Waals surface area (Å²) in [5, 5.41) is 8.34. The Hall–Kier alpha value is -1.69. The molecule has 86 valence electrons. The van der Waals surface area contributed by atoms with E-state index in [4.69, 9.17) is 5.73 Å². The fourth-order valence-electron chi connectivity index (χ4n) is 1.52. The number of aryl methyl sites for hydroxylation is 1. The van der Waals surface area contributed by atoms with E-state index in [0.29, 0.717) is 0 Å². The van der Waals surface area contributed by atoms with Crippen molar-refractivity contribution >= 4 is 16.9 Å². The summed E-state index contributed by atoms with van der Waals surface area (Å²) >= 11 is 0. The summed E-state index contributed by atoms with van der Waals surface area (Å²) in [6, 6.07) is 0.193. The maximum atomic E-state index is 5.68. The van der Waals surface area contributed by atoms with Crippen LogP contribution in [0.25, 0.3) is 11.0 Å². The number of aromatic nitrogens is 4. The highest BCUT2D eigenvalue weighted by molar-refractivity contribution is 5.85. The third-order valence-corrected chi connectivity index (χ3v) is 2.42. The average Bonchev–Trinajstić information content (AvgIpc) is 2.61. The molecule has 6 nitrogen and oxygen atoms in total. The van der Waals surface area contributed by atoms with Crippen LogP contribution in [-0.4, -0.2) is 32.3 Å². The molecular weight excluding hydrogens is 204 g/mol. The van der Waals surface area contributed by atoms with E-state index < -0.39 is 0 Å². The van der Waals surface area contributed by atoms with Crippen LogP contribution in [0.4, 0.5) is 5.82 Å². The predicted molar refractivity (Wildman–Crippen MR) is 63.1 cm³/mol. The van der Waals surface area contributed by atoms with Crippen molar-refractivity contribution in [3.63, 3.8) is 0 Å². The second-order valence-electron chi connectivity index (χ2n) is 3.92. The Labute approximate surface area is 93.9 Å². The molecule has 3 N–H and O–H groups in total. The van der Waals surface area contributed by atoms with Gasteiger partial charge in [0.05, 0.1) is 11.6 Å². The van der Waals surface area contributed by atoms with Gasteiger partial charge >= 0.3 is 0 Å². The topological polar surface area (TPSA) is 81.7 Å². The van der Waals surface area contributed by atoms with E-state index in [2.05, 4.69) is 20.4 Å². The van der Waals surface area contributed by atoms with Gasteiger partial charge in [-0.25, -0.2) is 9.97 Å². The van der Waals surface area contributed by atoms with E-state index >= 15 is 0 Å². The van der Waals surface area contributed by atoms with Gasteiger partial charge in [0, 0.05) is 19.6 Å². The Morgan fingerprint density at radius 3 is 3.06 bits per heavy atom. The first-order chi connectivity index (χ1) is 7.68. The lowest BCUT2D eigenvalue weighted by atomic mass is 10.2. The highest BCUT2D eigenvalue weighted by Crippen LogP contribution is 2.17. The summed E-state index contributed by atoms with van der Waals surface area (Å²) in [4.78, 5) is 8.37. The van der Waals surface area contributed by atoms with Gasteiger partial charge in [-0.2, -0.15) is 5.10 Å². The molecule has 6 heteroatoms. The van der Waals surface area contributed by atoms with Crippen molar-refractivity contribution in [3.05, 3.63) is 12.5 Å². The van der Waals surface area contributed by atoms with Gasteiger partial charge in [-0.05, 0) is 13.3 Å². The first-order valence-electron chi connectivity index (χ1n) is 5.30. The van der Waals surface area contributed by atoms with E-state index in [1.807, 2.05) is 14.0 Å².